The van der Waals surface area contributed by atoms with Crippen LogP contribution in [0.15, 0.2) is 65.1 Å². The summed E-state index contributed by atoms with van der Waals surface area (Å²) < 4.78 is 12.4. The molecule has 7 heteroatoms. The Morgan fingerprint density at radius 2 is 1.92 bits per heavy atom. The number of benzene rings is 2. The average molecular weight is 354 g/mol. The summed E-state index contributed by atoms with van der Waals surface area (Å²) in [6.07, 6.45) is 3.29. The quantitative estimate of drug-likeness (QED) is 0.480. The highest BCUT2D eigenvalue weighted by Gasteiger charge is 2.08. The predicted molar refractivity (Wildman–Crippen MR) is 98.6 cm³/mol. The Balaban J connectivity index is 1.76. The molecule has 0 spiro atoms. The van der Waals surface area contributed by atoms with Crippen LogP contribution in [0.2, 0.25) is 0 Å². The fourth-order valence-corrected chi connectivity index (χ4v) is 3.07. The van der Waals surface area contributed by atoms with Crippen LogP contribution in [0.5, 0.6) is 11.5 Å². The van der Waals surface area contributed by atoms with Crippen LogP contribution in [-0.4, -0.2) is 35.3 Å². The van der Waals surface area contributed by atoms with Gasteiger partial charge in [-0.15, -0.1) is 10.2 Å². The molecule has 3 aromatic rings. The van der Waals surface area contributed by atoms with E-state index in [1.807, 2.05) is 36.4 Å². The summed E-state index contributed by atoms with van der Waals surface area (Å²) in [5.41, 5.74) is 2.04. The van der Waals surface area contributed by atoms with Gasteiger partial charge in [-0.05, 0) is 17.7 Å². The third kappa shape index (κ3) is 4.19. The molecule has 2 aromatic carbocycles. The van der Waals surface area contributed by atoms with Gasteiger partial charge in [0.15, 0.2) is 11.5 Å². The molecule has 1 heterocycles. The molecule has 6 nitrogen and oxygen atoms in total. The van der Waals surface area contributed by atoms with Gasteiger partial charge in [0.05, 0.1) is 20.4 Å². The van der Waals surface area contributed by atoms with Crippen molar-refractivity contribution in [3.05, 3.63) is 66.0 Å². The minimum Gasteiger partial charge on any atom is -0.493 e. The van der Waals surface area contributed by atoms with Crippen LogP contribution in [0.4, 0.5) is 0 Å². The number of hydrogen-bond donors (Lipinski definition) is 0. The Hall–Kier alpha value is -2.80. The number of hydrogen-bond acceptors (Lipinski definition) is 6. The van der Waals surface area contributed by atoms with Gasteiger partial charge in [0.2, 0.25) is 5.16 Å². The molecule has 0 aliphatic rings. The molecule has 3 rings (SSSR count). The van der Waals surface area contributed by atoms with E-state index < -0.39 is 0 Å². The predicted octanol–water partition coefficient (Wildman–Crippen LogP) is 3.47. The largest absolute Gasteiger partial charge is 0.493 e. The Labute approximate surface area is 150 Å². The zero-order chi connectivity index (χ0) is 17.5. The molecule has 25 heavy (non-hydrogen) atoms. The van der Waals surface area contributed by atoms with Crippen molar-refractivity contribution in [1.29, 1.82) is 0 Å². The lowest BCUT2D eigenvalue weighted by molar-refractivity contribution is 0.354. The number of para-hydroxylation sites is 1. The molecule has 0 fully saturated rings. The maximum atomic E-state index is 5.41. The van der Waals surface area contributed by atoms with Crippen LogP contribution in [0.1, 0.15) is 11.1 Å². The van der Waals surface area contributed by atoms with Crippen LogP contribution >= 0.6 is 11.8 Å². The van der Waals surface area contributed by atoms with Crippen LogP contribution in [0.3, 0.4) is 0 Å². The molecule has 0 N–H and O–H groups in total. The minimum atomic E-state index is 0.639. The van der Waals surface area contributed by atoms with E-state index in [9.17, 15) is 0 Å². The third-order valence-electron chi connectivity index (χ3n) is 3.47. The standard InChI is InChI=1S/C18H18N4O2S/c1-23-16-10-6-9-15(17(16)24-2)11-20-22-13-19-21-18(22)25-12-14-7-4-3-5-8-14/h3-11,13H,12H2,1-2H3/b20-11+. The average Bonchev–Trinajstić information content (AvgIpc) is 3.12. The van der Waals surface area contributed by atoms with Crippen LogP contribution in [0.25, 0.3) is 0 Å². The number of rotatable bonds is 7. The Morgan fingerprint density at radius 1 is 1.08 bits per heavy atom. The summed E-state index contributed by atoms with van der Waals surface area (Å²) in [4.78, 5) is 0. The SMILES string of the molecule is COc1cccc(/C=N/n2cnnc2SCc2ccccc2)c1OC. The molecule has 0 saturated heterocycles. The molecule has 0 saturated carbocycles. The maximum absolute atomic E-state index is 5.41. The highest BCUT2D eigenvalue weighted by Crippen LogP contribution is 2.29. The number of nitrogens with zero attached hydrogens (tertiary/aromatic N) is 4. The summed E-state index contributed by atoms with van der Waals surface area (Å²) in [7, 11) is 3.21. The van der Waals surface area contributed by atoms with E-state index in [4.69, 9.17) is 9.47 Å². The van der Waals surface area contributed by atoms with Crippen molar-refractivity contribution in [3.8, 4) is 11.5 Å². The first-order chi connectivity index (χ1) is 12.3. The van der Waals surface area contributed by atoms with Crippen molar-refractivity contribution in [2.45, 2.75) is 10.9 Å². The summed E-state index contributed by atoms with van der Waals surface area (Å²) in [5.74, 6) is 2.10. The molecule has 1 aromatic heterocycles. The topological polar surface area (TPSA) is 61.5 Å². The van der Waals surface area contributed by atoms with Gasteiger partial charge in [0, 0.05) is 11.3 Å². The van der Waals surface area contributed by atoms with E-state index in [1.54, 1.807) is 43.2 Å². The Morgan fingerprint density at radius 3 is 2.68 bits per heavy atom. The van der Waals surface area contributed by atoms with Crippen molar-refractivity contribution >= 4 is 18.0 Å². The molecule has 0 atom stereocenters. The maximum Gasteiger partial charge on any atom is 0.212 e. The molecule has 0 aliphatic heterocycles. The van der Waals surface area contributed by atoms with Gasteiger partial charge in [-0.2, -0.15) is 9.78 Å². The zero-order valence-corrected chi connectivity index (χ0v) is 14.8. The lowest BCUT2D eigenvalue weighted by Gasteiger charge is -2.09. The minimum absolute atomic E-state index is 0.639. The summed E-state index contributed by atoms with van der Waals surface area (Å²) in [5, 5.41) is 13.2. The van der Waals surface area contributed by atoms with Crippen molar-refractivity contribution in [1.82, 2.24) is 14.9 Å². The summed E-state index contributed by atoms with van der Waals surface area (Å²) in [6, 6.07) is 15.8. The van der Waals surface area contributed by atoms with Crippen LogP contribution in [-0.2, 0) is 5.75 Å². The molecule has 0 unspecified atom stereocenters. The van der Waals surface area contributed by atoms with E-state index in [0.29, 0.717) is 11.5 Å². The second kappa shape index (κ2) is 8.34. The Kier molecular flexibility index (Phi) is 5.69. The van der Waals surface area contributed by atoms with E-state index in [2.05, 4.69) is 27.4 Å². The van der Waals surface area contributed by atoms with Gasteiger partial charge in [-0.3, -0.25) is 0 Å². The van der Waals surface area contributed by atoms with Gasteiger partial charge in [-0.25, -0.2) is 0 Å². The lowest BCUT2D eigenvalue weighted by atomic mass is 10.2. The first kappa shape index (κ1) is 17.0. The zero-order valence-electron chi connectivity index (χ0n) is 14.0. The third-order valence-corrected chi connectivity index (χ3v) is 4.47. The molecular formula is C18H18N4O2S. The highest BCUT2D eigenvalue weighted by atomic mass is 32.2. The Bertz CT molecular complexity index is 849. The smallest absolute Gasteiger partial charge is 0.212 e. The van der Waals surface area contributed by atoms with Gasteiger partial charge >= 0.3 is 0 Å². The fourth-order valence-electron chi connectivity index (χ4n) is 2.25. The number of aromatic nitrogens is 3. The molecule has 0 bridgehead atoms. The van der Waals surface area contributed by atoms with Crippen molar-refractivity contribution in [2.24, 2.45) is 5.10 Å². The van der Waals surface area contributed by atoms with Crippen molar-refractivity contribution in [3.63, 3.8) is 0 Å². The van der Waals surface area contributed by atoms with Gasteiger partial charge < -0.3 is 9.47 Å². The molecular weight excluding hydrogens is 336 g/mol. The van der Waals surface area contributed by atoms with E-state index in [0.717, 1.165) is 16.5 Å². The van der Waals surface area contributed by atoms with Crippen molar-refractivity contribution < 1.29 is 9.47 Å². The fraction of sp³-hybridized carbons (Fsp3) is 0.167. The van der Waals surface area contributed by atoms with Gasteiger partial charge in [0.25, 0.3) is 0 Å². The monoisotopic (exact) mass is 354 g/mol. The van der Waals surface area contributed by atoms with Crippen molar-refractivity contribution in [2.75, 3.05) is 14.2 Å². The number of thioether (sulfide) groups is 1. The first-order valence-corrected chi connectivity index (χ1v) is 8.62. The summed E-state index contributed by atoms with van der Waals surface area (Å²) in [6.45, 7) is 0. The van der Waals surface area contributed by atoms with Crippen LogP contribution in [0, 0.1) is 0 Å². The highest BCUT2D eigenvalue weighted by molar-refractivity contribution is 7.98. The second-order valence-electron chi connectivity index (χ2n) is 5.06. The van der Waals surface area contributed by atoms with E-state index >= 15 is 0 Å². The molecule has 0 radical (unpaired) electrons. The first-order valence-electron chi connectivity index (χ1n) is 7.64. The lowest BCUT2D eigenvalue weighted by Crippen LogP contribution is -1.97. The molecule has 0 amide bonds. The molecule has 0 aliphatic carbocycles. The van der Waals surface area contributed by atoms with E-state index in [-0.39, 0.29) is 0 Å². The molecule has 128 valence electrons. The number of ether oxygens (including phenoxy) is 2. The summed E-state index contributed by atoms with van der Waals surface area (Å²) >= 11 is 1.58. The number of methoxy groups -OCH3 is 2. The van der Waals surface area contributed by atoms with Gasteiger partial charge in [-0.1, -0.05) is 48.2 Å². The van der Waals surface area contributed by atoms with Gasteiger partial charge in [0.1, 0.15) is 6.33 Å². The normalized spacial score (nSPS) is 11.0. The van der Waals surface area contributed by atoms with E-state index in [1.165, 1.54) is 5.56 Å². The van der Waals surface area contributed by atoms with Crippen LogP contribution < -0.4 is 9.47 Å². The second-order valence-corrected chi connectivity index (χ2v) is 6.00.